The second-order valence-electron chi connectivity index (χ2n) is 5.28. The number of alkyl halides is 3. The van der Waals surface area contributed by atoms with Crippen molar-refractivity contribution in [3.05, 3.63) is 28.3 Å². The Morgan fingerprint density at radius 2 is 1.96 bits per heavy atom. The maximum absolute atomic E-state index is 12.9. The first-order valence-corrected chi connectivity index (χ1v) is 7.27. The van der Waals surface area contributed by atoms with Crippen molar-refractivity contribution in [2.24, 2.45) is 12.8 Å². The minimum absolute atomic E-state index is 0.0158. The predicted molar refractivity (Wildman–Crippen MR) is 82.0 cm³/mol. The monoisotopic (exact) mass is 378 g/mol. The van der Waals surface area contributed by atoms with E-state index in [-0.39, 0.29) is 17.1 Å². The molecular formula is C13H14ClF3N6O2. The van der Waals surface area contributed by atoms with E-state index in [1.807, 2.05) is 0 Å². The number of nitrogens with one attached hydrogen (secondary N) is 1. The molecule has 0 aliphatic rings. The Morgan fingerprint density at radius 3 is 2.44 bits per heavy atom. The molecule has 0 unspecified atom stereocenters. The Bertz CT molecular complexity index is 842. The van der Waals surface area contributed by atoms with Gasteiger partial charge in [-0.25, -0.2) is 0 Å². The van der Waals surface area contributed by atoms with Crippen molar-refractivity contribution >= 4 is 29.1 Å². The van der Waals surface area contributed by atoms with Crippen LogP contribution in [-0.4, -0.2) is 31.4 Å². The Kier molecular flexibility index (Phi) is 4.80. The van der Waals surface area contributed by atoms with Crippen LogP contribution in [0.3, 0.4) is 0 Å². The minimum Gasteiger partial charge on any atom is -0.364 e. The van der Waals surface area contributed by atoms with Crippen LogP contribution in [0.4, 0.5) is 18.9 Å². The Labute approximate surface area is 144 Å². The fourth-order valence-electron chi connectivity index (χ4n) is 2.17. The molecule has 1 atom stereocenters. The molecule has 0 spiro atoms. The third kappa shape index (κ3) is 3.60. The molecule has 136 valence electrons. The highest BCUT2D eigenvalue weighted by Crippen LogP contribution is 2.36. The van der Waals surface area contributed by atoms with Gasteiger partial charge < -0.3 is 11.1 Å². The van der Waals surface area contributed by atoms with Gasteiger partial charge in [-0.3, -0.25) is 19.0 Å². The fraction of sp³-hybridized carbons (Fsp3) is 0.385. The van der Waals surface area contributed by atoms with Crippen molar-refractivity contribution in [3.63, 3.8) is 0 Å². The summed E-state index contributed by atoms with van der Waals surface area (Å²) in [5, 5.41) is 9.01. The summed E-state index contributed by atoms with van der Waals surface area (Å²) in [5.41, 5.74) is 3.74. The van der Waals surface area contributed by atoms with E-state index in [4.69, 9.17) is 17.3 Å². The standard InChI is InChI=1S/C13H14ClF3N6O2/c1-5-8(14)10(13(15,16)17)21-23(5)6(2)12(25)19-7-4-22(3)20-9(7)11(18)24/h4,6H,1-3H3,(H2,18,24)(H,19,25)/t6-/m0/s1. The molecule has 0 saturated carbocycles. The molecule has 2 heterocycles. The molecule has 3 N–H and O–H groups in total. The van der Waals surface area contributed by atoms with E-state index in [1.54, 1.807) is 0 Å². The van der Waals surface area contributed by atoms with Gasteiger partial charge >= 0.3 is 6.18 Å². The molecule has 0 bridgehead atoms. The van der Waals surface area contributed by atoms with Gasteiger partial charge in [-0.05, 0) is 13.8 Å². The van der Waals surface area contributed by atoms with Crippen LogP contribution in [-0.2, 0) is 18.0 Å². The molecule has 12 heteroatoms. The minimum atomic E-state index is -4.74. The first-order valence-electron chi connectivity index (χ1n) is 6.89. The molecule has 2 aromatic heterocycles. The van der Waals surface area contributed by atoms with E-state index in [2.05, 4.69) is 15.5 Å². The van der Waals surface area contributed by atoms with Crippen LogP contribution in [0.5, 0.6) is 0 Å². The van der Waals surface area contributed by atoms with Gasteiger partial charge in [0.15, 0.2) is 11.4 Å². The van der Waals surface area contributed by atoms with Crippen LogP contribution in [0.25, 0.3) is 0 Å². The Hall–Kier alpha value is -2.56. The van der Waals surface area contributed by atoms with Gasteiger partial charge in [0, 0.05) is 13.2 Å². The van der Waals surface area contributed by atoms with Crippen molar-refractivity contribution in [1.29, 1.82) is 0 Å². The molecule has 2 amide bonds. The third-order valence-corrected chi connectivity index (χ3v) is 3.86. The fourth-order valence-corrected chi connectivity index (χ4v) is 2.40. The third-order valence-electron chi connectivity index (χ3n) is 3.41. The van der Waals surface area contributed by atoms with Crippen LogP contribution in [0, 0.1) is 6.92 Å². The molecule has 25 heavy (non-hydrogen) atoms. The lowest BCUT2D eigenvalue weighted by Gasteiger charge is -2.14. The average molecular weight is 379 g/mol. The van der Waals surface area contributed by atoms with Gasteiger partial charge in [0.1, 0.15) is 6.04 Å². The number of halogens is 4. The topological polar surface area (TPSA) is 108 Å². The number of aryl methyl sites for hydroxylation is 1. The van der Waals surface area contributed by atoms with Crippen molar-refractivity contribution in [1.82, 2.24) is 19.6 Å². The van der Waals surface area contributed by atoms with Gasteiger partial charge in [0.05, 0.1) is 16.4 Å². The Morgan fingerprint density at radius 1 is 1.36 bits per heavy atom. The molecule has 0 aliphatic heterocycles. The zero-order valence-electron chi connectivity index (χ0n) is 13.3. The average Bonchev–Trinajstić information content (AvgIpc) is 2.99. The Balaban J connectivity index is 2.31. The largest absolute Gasteiger partial charge is 0.436 e. The highest BCUT2D eigenvalue weighted by Gasteiger charge is 2.39. The number of amides is 2. The lowest BCUT2D eigenvalue weighted by Crippen LogP contribution is -2.26. The SMILES string of the molecule is Cc1c(Cl)c(C(F)(F)F)nn1[C@@H](C)C(=O)Nc1cn(C)nc1C(N)=O. The van der Waals surface area contributed by atoms with Crippen molar-refractivity contribution in [2.45, 2.75) is 26.1 Å². The zero-order valence-corrected chi connectivity index (χ0v) is 14.1. The number of hydrogen-bond donors (Lipinski definition) is 2. The van der Waals surface area contributed by atoms with Crippen LogP contribution in [0.1, 0.15) is 34.8 Å². The smallest absolute Gasteiger partial charge is 0.364 e. The van der Waals surface area contributed by atoms with Crippen molar-refractivity contribution in [2.75, 3.05) is 5.32 Å². The van der Waals surface area contributed by atoms with Gasteiger partial charge in [-0.1, -0.05) is 11.6 Å². The summed E-state index contributed by atoms with van der Waals surface area (Å²) in [5.74, 6) is -1.58. The first-order chi connectivity index (χ1) is 11.4. The number of carbonyl (C=O) groups is 2. The molecule has 0 saturated heterocycles. The molecule has 0 aromatic carbocycles. The quantitative estimate of drug-likeness (QED) is 0.846. The van der Waals surface area contributed by atoms with E-state index in [0.29, 0.717) is 0 Å². The maximum Gasteiger partial charge on any atom is 0.436 e. The molecule has 0 aliphatic carbocycles. The number of nitrogens with two attached hydrogens (primary N) is 1. The molecular weight excluding hydrogens is 365 g/mol. The van der Waals surface area contributed by atoms with E-state index in [0.717, 1.165) is 4.68 Å². The second kappa shape index (κ2) is 6.39. The summed E-state index contributed by atoms with van der Waals surface area (Å²) in [6, 6.07) is -1.13. The summed E-state index contributed by atoms with van der Waals surface area (Å²) in [6.07, 6.45) is -3.40. The van der Waals surface area contributed by atoms with E-state index >= 15 is 0 Å². The summed E-state index contributed by atoms with van der Waals surface area (Å²) in [7, 11) is 1.51. The summed E-state index contributed by atoms with van der Waals surface area (Å²) < 4.78 is 40.7. The van der Waals surface area contributed by atoms with E-state index in [1.165, 1.54) is 31.8 Å². The second-order valence-corrected chi connectivity index (χ2v) is 5.66. The summed E-state index contributed by atoms with van der Waals surface area (Å²) in [4.78, 5) is 23.6. The number of carbonyl (C=O) groups excluding carboxylic acids is 2. The lowest BCUT2D eigenvalue weighted by molar-refractivity contribution is -0.141. The van der Waals surface area contributed by atoms with Crippen LogP contribution >= 0.6 is 11.6 Å². The summed E-state index contributed by atoms with van der Waals surface area (Å²) in [6.45, 7) is 2.65. The maximum atomic E-state index is 12.9. The normalized spacial score (nSPS) is 12.9. The molecule has 0 radical (unpaired) electrons. The van der Waals surface area contributed by atoms with Gasteiger partial charge in [-0.15, -0.1) is 0 Å². The number of nitrogens with zero attached hydrogens (tertiary/aromatic N) is 4. The number of hydrogen-bond acceptors (Lipinski definition) is 4. The van der Waals surface area contributed by atoms with Crippen molar-refractivity contribution < 1.29 is 22.8 Å². The molecule has 2 aromatic rings. The highest BCUT2D eigenvalue weighted by atomic mass is 35.5. The zero-order chi connectivity index (χ0) is 19.1. The van der Waals surface area contributed by atoms with Gasteiger partial charge in [0.25, 0.3) is 5.91 Å². The van der Waals surface area contributed by atoms with E-state index in [9.17, 15) is 22.8 Å². The molecule has 0 fully saturated rings. The van der Waals surface area contributed by atoms with Crippen LogP contribution in [0.15, 0.2) is 6.20 Å². The first kappa shape index (κ1) is 18.8. The van der Waals surface area contributed by atoms with Crippen LogP contribution in [0.2, 0.25) is 5.02 Å². The van der Waals surface area contributed by atoms with Crippen molar-refractivity contribution in [3.8, 4) is 0 Å². The predicted octanol–water partition coefficient (Wildman–Crippen LogP) is 1.90. The van der Waals surface area contributed by atoms with Gasteiger partial charge in [0.2, 0.25) is 5.91 Å². The highest BCUT2D eigenvalue weighted by molar-refractivity contribution is 6.32. The van der Waals surface area contributed by atoms with Crippen LogP contribution < -0.4 is 11.1 Å². The number of anilines is 1. The lowest BCUT2D eigenvalue weighted by atomic mass is 10.2. The summed E-state index contributed by atoms with van der Waals surface area (Å²) >= 11 is 5.67. The van der Waals surface area contributed by atoms with Gasteiger partial charge in [-0.2, -0.15) is 23.4 Å². The molecule has 8 nitrogen and oxygen atoms in total. The molecule has 2 rings (SSSR count). The van der Waals surface area contributed by atoms with E-state index < -0.39 is 34.7 Å². The number of primary amides is 1. The number of rotatable bonds is 4. The number of aromatic nitrogens is 4.